The number of aliphatic carboxylic acids is 1. The van der Waals surface area contributed by atoms with Gasteiger partial charge in [-0.2, -0.15) is 0 Å². The van der Waals surface area contributed by atoms with E-state index < -0.39 is 11.4 Å². The number of carboxylic acid groups (broad SMARTS) is 1. The maximum atomic E-state index is 12.3. The molecule has 3 aromatic rings. The predicted molar refractivity (Wildman–Crippen MR) is 89.5 cm³/mol. The molecular formula is C19H20O5. The number of aromatic hydroxyl groups is 1. The van der Waals surface area contributed by atoms with Gasteiger partial charge in [-0.25, -0.2) is 0 Å². The van der Waals surface area contributed by atoms with Gasteiger partial charge in [-0.3, -0.25) is 4.79 Å². The summed E-state index contributed by atoms with van der Waals surface area (Å²) in [7, 11) is 0. The average Bonchev–Trinajstić information content (AvgIpc) is 3.11. The Labute approximate surface area is 138 Å². The fraction of sp³-hybridized carbons (Fsp3) is 0.421. The quantitative estimate of drug-likeness (QED) is 0.706. The van der Waals surface area contributed by atoms with Gasteiger partial charge in [0.2, 0.25) is 0 Å². The summed E-state index contributed by atoms with van der Waals surface area (Å²) >= 11 is 0. The van der Waals surface area contributed by atoms with Crippen molar-refractivity contribution < 1.29 is 23.8 Å². The van der Waals surface area contributed by atoms with Crippen molar-refractivity contribution in [2.24, 2.45) is 0 Å². The zero-order chi connectivity index (χ0) is 17.1. The number of benzene rings is 1. The van der Waals surface area contributed by atoms with E-state index in [4.69, 9.17) is 8.83 Å². The van der Waals surface area contributed by atoms with Gasteiger partial charge in [-0.05, 0) is 38.8 Å². The van der Waals surface area contributed by atoms with Crippen molar-refractivity contribution in [2.75, 3.05) is 0 Å². The van der Waals surface area contributed by atoms with Crippen molar-refractivity contribution in [3.05, 3.63) is 29.2 Å². The summed E-state index contributed by atoms with van der Waals surface area (Å²) in [5.74, 6) is 0.470. The molecule has 5 heteroatoms. The maximum Gasteiger partial charge on any atom is 0.314 e. The van der Waals surface area contributed by atoms with E-state index in [1.807, 2.05) is 0 Å². The van der Waals surface area contributed by atoms with E-state index >= 15 is 0 Å². The Kier molecular flexibility index (Phi) is 3.17. The van der Waals surface area contributed by atoms with Gasteiger partial charge in [0.25, 0.3) is 0 Å². The van der Waals surface area contributed by atoms with Gasteiger partial charge in [-0.1, -0.05) is 19.3 Å². The molecule has 0 unspecified atom stereocenters. The summed E-state index contributed by atoms with van der Waals surface area (Å²) in [6, 6.07) is 3.55. The number of phenols is 1. The van der Waals surface area contributed by atoms with Crippen molar-refractivity contribution in [1.82, 2.24) is 0 Å². The summed E-state index contributed by atoms with van der Waals surface area (Å²) in [4.78, 5) is 12.3. The topological polar surface area (TPSA) is 83.8 Å². The first-order valence-corrected chi connectivity index (χ1v) is 8.33. The van der Waals surface area contributed by atoms with Crippen LogP contribution in [0.2, 0.25) is 0 Å². The first-order valence-electron chi connectivity index (χ1n) is 8.33. The largest absolute Gasteiger partial charge is 0.504 e. The molecule has 1 aliphatic carbocycles. The lowest BCUT2D eigenvalue weighted by Crippen LogP contribution is -2.38. The van der Waals surface area contributed by atoms with Crippen LogP contribution in [-0.4, -0.2) is 16.2 Å². The predicted octanol–water partition coefficient (Wildman–Crippen LogP) is 4.79. The summed E-state index contributed by atoms with van der Waals surface area (Å²) in [6.45, 7) is 3.59. The summed E-state index contributed by atoms with van der Waals surface area (Å²) in [5, 5.41) is 21.9. The molecule has 0 amide bonds. The monoisotopic (exact) mass is 328 g/mol. The summed E-state index contributed by atoms with van der Waals surface area (Å²) in [5.41, 5.74) is 0.482. The Balaban J connectivity index is 2.18. The van der Waals surface area contributed by atoms with E-state index in [0.717, 1.165) is 19.3 Å². The standard InChI is InChI=1S/C19H20O5/c1-10-8-12-14(19(18(21)22)6-4-3-5-7-19)16-13(9-11(2)23-16)15(20)17(12)24-10/h8-9,20H,3-7H2,1-2H3,(H,21,22). The smallest absolute Gasteiger partial charge is 0.314 e. The van der Waals surface area contributed by atoms with Gasteiger partial charge in [0.05, 0.1) is 10.8 Å². The fourth-order valence-electron chi connectivity index (χ4n) is 4.20. The van der Waals surface area contributed by atoms with Crippen LogP contribution in [0.15, 0.2) is 21.0 Å². The molecule has 1 aromatic carbocycles. The lowest BCUT2D eigenvalue weighted by molar-refractivity contribution is -0.145. The molecule has 1 saturated carbocycles. The van der Waals surface area contributed by atoms with Gasteiger partial charge in [0.1, 0.15) is 17.1 Å². The third-order valence-electron chi connectivity index (χ3n) is 5.27. The highest BCUT2D eigenvalue weighted by Crippen LogP contribution is 2.50. The minimum atomic E-state index is -0.997. The molecule has 2 N–H and O–H groups in total. The molecule has 5 nitrogen and oxygen atoms in total. The summed E-state index contributed by atoms with van der Waals surface area (Å²) in [6.07, 6.45) is 3.92. The molecule has 4 rings (SSSR count). The number of carboxylic acids is 1. The molecule has 0 spiro atoms. The number of aryl methyl sites for hydroxylation is 2. The van der Waals surface area contributed by atoms with Crippen LogP contribution in [0.1, 0.15) is 49.2 Å². The molecule has 0 bridgehead atoms. The van der Waals surface area contributed by atoms with Crippen LogP contribution in [0.25, 0.3) is 21.9 Å². The SMILES string of the molecule is Cc1cc2c(C3(C(=O)O)CCCCC3)c3oc(C)cc3c(O)c2o1. The number of furan rings is 2. The van der Waals surface area contributed by atoms with Crippen LogP contribution in [0.4, 0.5) is 0 Å². The Bertz CT molecular complexity index is 896. The third kappa shape index (κ3) is 1.90. The van der Waals surface area contributed by atoms with Gasteiger partial charge in [0.15, 0.2) is 11.3 Å². The van der Waals surface area contributed by atoms with Crippen molar-refractivity contribution in [3.63, 3.8) is 0 Å². The van der Waals surface area contributed by atoms with E-state index in [0.29, 0.717) is 51.9 Å². The van der Waals surface area contributed by atoms with Crippen LogP contribution in [0, 0.1) is 13.8 Å². The second-order valence-electron chi connectivity index (χ2n) is 6.87. The van der Waals surface area contributed by atoms with Crippen molar-refractivity contribution in [1.29, 1.82) is 0 Å². The number of fused-ring (bicyclic) bond motifs is 2. The van der Waals surface area contributed by atoms with Crippen LogP contribution >= 0.6 is 0 Å². The van der Waals surface area contributed by atoms with E-state index in [-0.39, 0.29) is 5.75 Å². The molecule has 1 fully saturated rings. The Morgan fingerprint density at radius 2 is 1.58 bits per heavy atom. The molecule has 0 radical (unpaired) electrons. The second-order valence-corrected chi connectivity index (χ2v) is 6.87. The Morgan fingerprint density at radius 3 is 2.21 bits per heavy atom. The minimum absolute atomic E-state index is 0.0186. The highest BCUT2D eigenvalue weighted by molar-refractivity contribution is 6.08. The molecule has 0 saturated heterocycles. The van der Waals surface area contributed by atoms with Crippen LogP contribution < -0.4 is 0 Å². The first kappa shape index (κ1) is 15.1. The molecule has 0 atom stereocenters. The zero-order valence-corrected chi connectivity index (χ0v) is 13.8. The molecular weight excluding hydrogens is 308 g/mol. The highest BCUT2D eigenvalue weighted by Gasteiger charge is 2.45. The molecule has 126 valence electrons. The van der Waals surface area contributed by atoms with E-state index in [9.17, 15) is 15.0 Å². The van der Waals surface area contributed by atoms with Gasteiger partial charge in [0, 0.05) is 10.9 Å². The average molecular weight is 328 g/mol. The number of hydrogen-bond acceptors (Lipinski definition) is 4. The molecule has 1 aliphatic rings. The normalized spacial score (nSPS) is 17.6. The number of hydrogen-bond donors (Lipinski definition) is 2. The molecule has 2 heterocycles. The van der Waals surface area contributed by atoms with Gasteiger partial charge in [-0.15, -0.1) is 0 Å². The molecule has 0 aliphatic heterocycles. The summed E-state index contributed by atoms with van der Waals surface area (Å²) < 4.78 is 11.5. The zero-order valence-electron chi connectivity index (χ0n) is 13.8. The highest BCUT2D eigenvalue weighted by atomic mass is 16.4. The van der Waals surface area contributed by atoms with E-state index in [2.05, 4.69) is 0 Å². The van der Waals surface area contributed by atoms with E-state index in [1.165, 1.54) is 0 Å². The fourth-order valence-corrected chi connectivity index (χ4v) is 4.20. The third-order valence-corrected chi connectivity index (χ3v) is 5.27. The minimum Gasteiger partial charge on any atom is -0.504 e. The Hall–Kier alpha value is -2.43. The lowest BCUT2D eigenvalue weighted by atomic mass is 9.68. The second kappa shape index (κ2) is 5.03. The molecule has 24 heavy (non-hydrogen) atoms. The number of phenolic OH excluding ortho intramolecular Hbond substituents is 1. The first-order chi connectivity index (χ1) is 11.4. The van der Waals surface area contributed by atoms with Crippen LogP contribution in [0.3, 0.4) is 0 Å². The van der Waals surface area contributed by atoms with Gasteiger partial charge >= 0.3 is 5.97 Å². The lowest BCUT2D eigenvalue weighted by Gasteiger charge is -2.34. The van der Waals surface area contributed by atoms with Crippen LogP contribution in [0.5, 0.6) is 5.75 Å². The Morgan fingerprint density at radius 1 is 1.00 bits per heavy atom. The number of carbonyl (C=O) groups is 1. The van der Waals surface area contributed by atoms with Crippen molar-refractivity contribution in [2.45, 2.75) is 51.4 Å². The maximum absolute atomic E-state index is 12.3. The van der Waals surface area contributed by atoms with Crippen molar-refractivity contribution in [3.8, 4) is 5.75 Å². The number of rotatable bonds is 2. The van der Waals surface area contributed by atoms with Crippen LogP contribution in [-0.2, 0) is 10.2 Å². The van der Waals surface area contributed by atoms with Gasteiger partial charge < -0.3 is 19.0 Å². The molecule has 2 aromatic heterocycles. The van der Waals surface area contributed by atoms with E-state index in [1.54, 1.807) is 26.0 Å². The van der Waals surface area contributed by atoms with Crippen molar-refractivity contribution >= 4 is 27.9 Å².